The van der Waals surface area contributed by atoms with E-state index in [9.17, 15) is 0 Å². The Hall–Kier alpha value is -2.22. The summed E-state index contributed by atoms with van der Waals surface area (Å²) < 4.78 is 0. The Morgan fingerprint density at radius 1 is 1.05 bits per heavy atom. The number of aryl methyl sites for hydroxylation is 2. The number of aromatic nitrogens is 2. The molecule has 0 spiro atoms. The number of rotatable bonds is 1. The highest BCUT2D eigenvalue weighted by molar-refractivity contribution is 5.82. The first-order chi connectivity index (χ1) is 9.65. The minimum atomic E-state index is 0.458. The normalized spacial score (nSPS) is 18.1. The maximum absolute atomic E-state index is 4.81. The van der Waals surface area contributed by atoms with E-state index in [1.54, 1.807) is 0 Å². The number of hydrogen-bond acceptors (Lipinski definition) is 2. The second-order valence-electron chi connectivity index (χ2n) is 5.33. The van der Waals surface area contributed by atoms with Crippen LogP contribution in [0.5, 0.6) is 0 Å². The van der Waals surface area contributed by atoms with Crippen LogP contribution in [0, 0.1) is 19.8 Å². The molecule has 0 saturated heterocycles. The Bertz CT molecular complexity index is 751. The summed E-state index contributed by atoms with van der Waals surface area (Å²) >= 11 is 0. The number of fused-ring (bicyclic) bond motifs is 1. The zero-order chi connectivity index (χ0) is 14.1. The van der Waals surface area contributed by atoms with Gasteiger partial charge in [0, 0.05) is 5.57 Å². The first-order valence-corrected chi connectivity index (χ1v) is 6.96. The average molecular weight is 262 g/mol. The van der Waals surface area contributed by atoms with Gasteiger partial charge in [-0.05, 0) is 31.4 Å². The third kappa shape index (κ3) is 2.29. The summed E-state index contributed by atoms with van der Waals surface area (Å²) in [5.41, 5.74) is 6.20. The first kappa shape index (κ1) is 12.8. The molecule has 0 fully saturated rings. The van der Waals surface area contributed by atoms with E-state index in [0.29, 0.717) is 5.92 Å². The highest BCUT2D eigenvalue weighted by atomic mass is 14.8. The summed E-state index contributed by atoms with van der Waals surface area (Å²) in [4.78, 5) is 9.55. The molecule has 100 valence electrons. The largest absolute Gasteiger partial charge is 0.249 e. The van der Waals surface area contributed by atoms with E-state index < -0.39 is 0 Å². The second kappa shape index (κ2) is 5.04. The minimum Gasteiger partial charge on any atom is -0.249 e. The van der Waals surface area contributed by atoms with E-state index in [0.717, 1.165) is 28.0 Å². The Morgan fingerprint density at radius 2 is 1.90 bits per heavy atom. The fourth-order valence-corrected chi connectivity index (χ4v) is 2.44. The number of benzene rings is 1. The molecule has 0 amide bonds. The van der Waals surface area contributed by atoms with Crippen LogP contribution in [0.25, 0.3) is 16.6 Å². The SMILES string of the molecule is Cc1nc2c(C)cccc2nc1C1=CC=CC(C)C=C1. The Morgan fingerprint density at radius 3 is 2.75 bits per heavy atom. The molecule has 1 heterocycles. The second-order valence-corrected chi connectivity index (χ2v) is 5.33. The lowest BCUT2D eigenvalue weighted by atomic mass is 10.1. The fraction of sp³-hybridized carbons (Fsp3) is 0.222. The molecule has 2 aromatic rings. The van der Waals surface area contributed by atoms with Gasteiger partial charge in [0.1, 0.15) is 0 Å². The smallest absolute Gasteiger partial charge is 0.0922 e. The van der Waals surface area contributed by atoms with Gasteiger partial charge in [-0.1, -0.05) is 49.4 Å². The van der Waals surface area contributed by atoms with Crippen LogP contribution in [0.2, 0.25) is 0 Å². The summed E-state index contributed by atoms with van der Waals surface area (Å²) in [5.74, 6) is 0.458. The van der Waals surface area contributed by atoms with Gasteiger partial charge in [0.25, 0.3) is 0 Å². The summed E-state index contributed by atoms with van der Waals surface area (Å²) in [6, 6.07) is 6.13. The van der Waals surface area contributed by atoms with Crippen LogP contribution < -0.4 is 0 Å². The van der Waals surface area contributed by atoms with Crippen LogP contribution in [-0.2, 0) is 0 Å². The van der Waals surface area contributed by atoms with E-state index in [4.69, 9.17) is 9.97 Å². The van der Waals surface area contributed by atoms with Crippen molar-refractivity contribution in [3.63, 3.8) is 0 Å². The molecule has 0 N–H and O–H groups in total. The van der Waals surface area contributed by atoms with Gasteiger partial charge in [0.15, 0.2) is 0 Å². The van der Waals surface area contributed by atoms with Gasteiger partial charge in [0.2, 0.25) is 0 Å². The third-order valence-corrected chi connectivity index (χ3v) is 3.61. The van der Waals surface area contributed by atoms with E-state index in [1.807, 2.05) is 19.1 Å². The third-order valence-electron chi connectivity index (χ3n) is 3.61. The lowest BCUT2D eigenvalue weighted by Crippen LogP contribution is -1.98. The van der Waals surface area contributed by atoms with E-state index in [-0.39, 0.29) is 0 Å². The van der Waals surface area contributed by atoms with Crippen molar-refractivity contribution in [1.82, 2.24) is 9.97 Å². The van der Waals surface area contributed by atoms with Gasteiger partial charge in [-0.25, -0.2) is 9.97 Å². The average Bonchev–Trinajstić information content (AvgIpc) is 2.64. The molecule has 1 aliphatic carbocycles. The topological polar surface area (TPSA) is 25.8 Å². The number of nitrogens with zero attached hydrogens (tertiary/aromatic N) is 2. The van der Waals surface area contributed by atoms with Crippen molar-refractivity contribution in [1.29, 1.82) is 0 Å². The van der Waals surface area contributed by atoms with Crippen molar-refractivity contribution >= 4 is 16.6 Å². The lowest BCUT2D eigenvalue weighted by Gasteiger charge is -2.08. The van der Waals surface area contributed by atoms with E-state index in [1.165, 1.54) is 5.56 Å². The molecule has 1 aromatic heterocycles. The van der Waals surface area contributed by atoms with Gasteiger partial charge in [-0.3, -0.25) is 0 Å². The van der Waals surface area contributed by atoms with Crippen LogP contribution in [-0.4, -0.2) is 9.97 Å². The van der Waals surface area contributed by atoms with Crippen molar-refractivity contribution in [3.05, 3.63) is 65.5 Å². The van der Waals surface area contributed by atoms with Crippen LogP contribution in [0.4, 0.5) is 0 Å². The van der Waals surface area contributed by atoms with E-state index >= 15 is 0 Å². The number of hydrogen-bond donors (Lipinski definition) is 0. The Labute approximate surface area is 119 Å². The van der Waals surface area contributed by atoms with Gasteiger partial charge < -0.3 is 0 Å². The maximum atomic E-state index is 4.81. The quantitative estimate of drug-likeness (QED) is 0.761. The molecule has 1 aliphatic rings. The number of allylic oxidation sites excluding steroid dienone is 6. The molecular formula is C18H18N2. The van der Waals surface area contributed by atoms with Crippen molar-refractivity contribution < 1.29 is 0 Å². The molecule has 0 aliphatic heterocycles. The van der Waals surface area contributed by atoms with Crippen LogP contribution in [0.1, 0.15) is 23.9 Å². The van der Waals surface area contributed by atoms with Crippen LogP contribution in [0.15, 0.2) is 48.6 Å². The predicted octanol–water partition coefficient (Wildman–Crippen LogP) is 4.39. The maximum Gasteiger partial charge on any atom is 0.0922 e. The summed E-state index contributed by atoms with van der Waals surface area (Å²) in [6.07, 6.45) is 10.7. The number of para-hydroxylation sites is 1. The van der Waals surface area contributed by atoms with Gasteiger partial charge >= 0.3 is 0 Å². The molecular weight excluding hydrogens is 244 g/mol. The van der Waals surface area contributed by atoms with Crippen LogP contribution >= 0.6 is 0 Å². The summed E-state index contributed by atoms with van der Waals surface area (Å²) in [6.45, 7) is 6.28. The highest BCUT2D eigenvalue weighted by Gasteiger charge is 2.10. The Balaban J connectivity index is 2.18. The van der Waals surface area contributed by atoms with Crippen molar-refractivity contribution in [2.45, 2.75) is 20.8 Å². The molecule has 1 aromatic carbocycles. The highest BCUT2D eigenvalue weighted by Crippen LogP contribution is 2.24. The molecule has 0 bridgehead atoms. The van der Waals surface area contributed by atoms with Gasteiger partial charge in [0.05, 0.1) is 22.4 Å². The predicted molar refractivity (Wildman–Crippen MR) is 84.4 cm³/mol. The lowest BCUT2D eigenvalue weighted by molar-refractivity contribution is 0.943. The minimum absolute atomic E-state index is 0.458. The molecule has 2 nitrogen and oxygen atoms in total. The molecule has 0 saturated carbocycles. The zero-order valence-electron chi connectivity index (χ0n) is 12.1. The van der Waals surface area contributed by atoms with Crippen LogP contribution in [0.3, 0.4) is 0 Å². The summed E-state index contributed by atoms with van der Waals surface area (Å²) in [7, 11) is 0. The molecule has 20 heavy (non-hydrogen) atoms. The van der Waals surface area contributed by atoms with Crippen molar-refractivity contribution in [3.8, 4) is 0 Å². The fourth-order valence-electron chi connectivity index (χ4n) is 2.44. The van der Waals surface area contributed by atoms with Gasteiger partial charge in [-0.15, -0.1) is 0 Å². The summed E-state index contributed by atoms with van der Waals surface area (Å²) in [5, 5.41) is 0. The first-order valence-electron chi connectivity index (χ1n) is 6.96. The Kier molecular flexibility index (Phi) is 3.23. The van der Waals surface area contributed by atoms with Crippen molar-refractivity contribution in [2.24, 2.45) is 5.92 Å². The monoisotopic (exact) mass is 262 g/mol. The molecule has 2 heteroatoms. The standard InChI is InChI=1S/C18H18N2/c1-12-6-4-8-15(11-10-12)18-14(3)19-17-13(2)7-5-9-16(17)20-18/h4-12H,1-3H3. The molecule has 0 radical (unpaired) electrons. The zero-order valence-corrected chi connectivity index (χ0v) is 12.1. The van der Waals surface area contributed by atoms with Crippen molar-refractivity contribution in [2.75, 3.05) is 0 Å². The molecule has 1 atom stereocenters. The molecule has 1 unspecified atom stereocenters. The van der Waals surface area contributed by atoms with Gasteiger partial charge in [-0.2, -0.15) is 0 Å². The molecule has 3 rings (SSSR count). The van der Waals surface area contributed by atoms with E-state index in [2.05, 4.69) is 50.3 Å².